The van der Waals surface area contributed by atoms with E-state index in [0.717, 1.165) is 23.5 Å². The topological polar surface area (TPSA) is 30.0 Å². The number of fused-ring (bicyclic) bond motifs is 2. The van der Waals surface area contributed by atoms with Gasteiger partial charge in [0.05, 0.1) is 26.4 Å². The summed E-state index contributed by atoms with van der Waals surface area (Å²) in [5.41, 5.74) is 0.202. The first-order valence-corrected chi connectivity index (χ1v) is 6.17. The van der Waals surface area contributed by atoms with Crippen LogP contribution in [-0.4, -0.2) is 4.98 Å². The molecule has 1 aromatic carbocycles. The van der Waals surface area contributed by atoms with E-state index in [9.17, 15) is 18.0 Å². The lowest BCUT2D eigenvalue weighted by Gasteiger charge is -2.09. The molecular weight excluding hydrogens is 275 g/mol. The van der Waals surface area contributed by atoms with Crippen molar-refractivity contribution in [1.29, 1.82) is 0 Å². The monoisotopic (exact) mass is 281 g/mol. The molecule has 1 aliphatic heterocycles. The van der Waals surface area contributed by atoms with Crippen molar-refractivity contribution < 1.29 is 13.2 Å². The number of aromatic nitrogens is 1. The van der Waals surface area contributed by atoms with Crippen LogP contribution in [0.2, 0.25) is 0 Å². The first-order valence-electron chi connectivity index (χ1n) is 5.35. The molecule has 0 saturated heterocycles. The highest BCUT2D eigenvalue weighted by Gasteiger charge is 2.30. The number of hydrogen-bond donors (Lipinski definition) is 0. The Kier molecular flexibility index (Phi) is 2.56. The second kappa shape index (κ2) is 4.03. The average Bonchev–Trinajstić information content (AvgIpc) is 2.34. The molecule has 0 spiro atoms. The normalized spacial score (nSPS) is 12.2. The molecule has 0 N–H and O–H groups in total. The number of rotatable bonds is 0. The molecule has 1 heterocycles. The molecule has 0 aromatic heterocycles. The van der Waals surface area contributed by atoms with Crippen LogP contribution >= 0.6 is 11.3 Å². The van der Waals surface area contributed by atoms with E-state index in [1.54, 1.807) is 6.07 Å². The van der Waals surface area contributed by atoms with Crippen molar-refractivity contribution in [2.75, 3.05) is 0 Å². The second-order valence-corrected chi connectivity index (χ2v) is 5.11. The number of hydrogen-bond acceptors (Lipinski definition) is 3. The van der Waals surface area contributed by atoms with Gasteiger partial charge in [-0.2, -0.15) is 13.2 Å². The van der Waals surface area contributed by atoms with E-state index >= 15 is 0 Å². The van der Waals surface area contributed by atoms with E-state index in [2.05, 4.69) is 4.98 Å². The maximum Gasteiger partial charge on any atom is 0.416 e. The van der Waals surface area contributed by atoms with Gasteiger partial charge in [0.2, 0.25) is 0 Å². The fourth-order valence-electron chi connectivity index (χ4n) is 1.78. The van der Waals surface area contributed by atoms with Crippen LogP contribution in [0, 0.1) is 0 Å². The van der Waals surface area contributed by atoms with Gasteiger partial charge in [0.25, 0.3) is 0 Å². The molecule has 6 heteroatoms. The molecule has 0 bridgehead atoms. The fourth-order valence-corrected chi connectivity index (χ4v) is 2.82. The summed E-state index contributed by atoms with van der Waals surface area (Å²) in [6, 6.07) is 7.76. The Morgan fingerprint density at radius 3 is 2.58 bits per heavy atom. The van der Waals surface area contributed by atoms with Crippen molar-refractivity contribution in [3.8, 4) is 10.6 Å². The van der Waals surface area contributed by atoms with E-state index < -0.39 is 11.7 Å². The van der Waals surface area contributed by atoms with Gasteiger partial charge in [0.1, 0.15) is 0 Å². The van der Waals surface area contributed by atoms with Gasteiger partial charge in [-0.3, -0.25) is 4.79 Å². The van der Waals surface area contributed by atoms with Crippen LogP contribution in [0.25, 0.3) is 20.8 Å². The Morgan fingerprint density at radius 1 is 1.05 bits per heavy atom. The minimum atomic E-state index is -4.38. The van der Waals surface area contributed by atoms with E-state index in [0.29, 0.717) is 20.8 Å². The van der Waals surface area contributed by atoms with Crippen LogP contribution in [0.1, 0.15) is 5.56 Å². The third kappa shape index (κ3) is 2.19. The van der Waals surface area contributed by atoms with Crippen molar-refractivity contribution in [2.24, 2.45) is 0 Å². The predicted octanol–water partition coefficient (Wildman–Crippen LogP) is 3.78. The van der Waals surface area contributed by atoms with Crippen molar-refractivity contribution in [1.82, 2.24) is 4.98 Å². The zero-order valence-electron chi connectivity index (χ0n) is 9.36. The van der Waals surface area contributed by atoms with Gasteiger partial charge in [0, 0.05) is 6.07 Å². The van der Waals surface area contributed by atoms with Gasteiger partial charge in [0.15, 0.2) is 5.43 Å². The highest BCUT2D eigenvalue weighted by Crippen LogP contribution is 2.35. The van der Waals surface area contributed by atoms with E-state index in [1.807, 2.05) is 0 Å². The summed E-state index contributed by atoms with van der Waals surface area (Å²) in [5.74, 6) is 0. The minimum absolute atomic E-state index is 0.183. The highest BCUT2D eigenvalue weighted by atomic mass is 32.1. The van der Waals surface area contributed by atoms with Crippen molar-refractivity contribution in [3.05, 3.63) is 52.2 Å². The zero-order chi connectivity index (χ0) is 13.6. The Morgan fingerprint density at radius 2 is 1.84 bits per heavy atom. The molecule has 1 aromatic rings. The fraction of sp³-hybridized carbons (Fsp3) is 0.0769. The molecule has 19 heavy (non-hydrogen) atoms. The molecule has 2 aliphatic rings. The Hall–Kier alpha value is -1.95. The van der Waals surface area contributed by atoms with Crippen LogP contribution in [0.4, 0.5) is 13.2 Å². The predicted molar refractivity (Wildman–Crippen MR) is 67.5 cm³/mol. The van der Waals surface area contributed by atoms with Crippen LogP contribution in [0.15, 0.2) is 41.2 Å². The first kappa shape index (κ1) is 12.1. The molecule has 0 unspecified atom stereocenters. The SMILES string of the molecule is O=c1ccc2nc3ccc(C(F)(F)F)cc3sc-2c1. The highest BCUT2D eigenvalue weighted by molar-refractivity contribution is 7.21. The average molecular weight is 281 g/mol. The molecule has 0 amide bonds. The maximum atomic E-state index is 12.6. The van der Waals surface area contributed by atoms with Crippen molar-refractivity contribution >= 4 is 21.6 Å². The van der Waals surface area contributed by atoms with Crippen LogP contribution < -0.4 is 5.43 Å². The number of halogens is 3. The smallest absolute Gasteiger partial charge is 0.290 e. The van der Waals surface area contributed by atoms with Crippen molar-refractivity contribution in [3.63, 3.8) is 0 Å². The van der Waals surface area contributed by atoms with Crippen LogP contribution in [-0.2, 0) is 6.18 Å². The summed E-state index contributed by atoms with van der Waals surface area (Å²) < 4.78 is 38.3. The van der Waals surface area contributed by atoms with Gasteiger partial charge in [-0.25, -0.2) is 4.98 Å². The third-order valence-corrected chi connectivity index (χ3v) is 3.77. The van der Waals surface area contributed by atoms with E-state index in [1.165, 1.54) is 18.2 Å². The summed E-state index contributed by atoms with van der Waals surface area (Å²) in [4.78, 5) is 16.1. The lowest BCUT2D eigenvalue weighted by atomic mass is 10.2. The Labute approximate surface area is 109 Å². The molecule has 3 rings (SSSR count). The molecule has 0 atom stereocenters. The molecule has 0 fully saturated rings. The first-order chi connectivity index (χ1) is 8.93. The molecule has 96 valence electrons. The summed E-state index contributed by atoms with van der Waals surface area (Å²) in [7, 11) is 0. The molecule has 0 radical (unpaired) electrons. The van der Waals surface area contributed by atoms with Gasteiger partial charge in [-0.1, -0.05) is 0 Å². The van der Waals surface area contributed by atoms with Gasteiger partial charge in [-0.05, 0) is 30.3 Å². The van der Waals surface area contributed by atoms with Crippen LogP contribution in [0.5, 0.6) is 0 Å². The summed E-state index contributed by atoms with van der Waals surface area (Å²) >= 11 is 1.13. The zero-order valence-corrected chi connectivity index (χ0v) is 10.2. The Bertz CT molecular complexity index is 794. The largest absolute Gasteiger partial charge is 0.416 e. The second-order valence-electron chi connectivity index (χ2n) is 4.02. The number of alkyl halides is 3. The molecule has 0 saturated carbocycles. The lowest BCUT2D eigenvalue weighted by molar-refractivity contribution is -0.137. The van der Waals surface area contributed by atoms with Crippen molar-refractivity contribution in [2.45, 2.75) is 6.18 Å². The quantitative estimate of drug-likeness (QED) is 0.587. The molecule has 2 nitrogen and oxygen atoms in total. The van der Waals surface area contributed by atoms with E-state index in [-0.39, 0.29) is 5.43 Å². The number of benzene rings is 2. The van der Waals surface area contributed by atoms with Gasteiger partial charge < -0.3 is 0 Å². The third-order valence-electron chi connectivity index (χ3n) is 2.68. The van der Waals surface area contributed by atoms with E-state index in [4.69, 9.17) is 0 Å². The van der Waals surface area contributed by atoms with Gasteiger partial charge >= 0.3 is 6.18 Å². The minimum Gasteiger partial charge on any atom is -0.290 e. The Balaban J connectivity index is 2.32. The molecular formula is C13H6F3NOS. The lowest BCUT2D eigenvalue weighted by Crippen LogP contribution is -2.04. The summed E-state index contributed by atoms with van der Waals surface area (Å²) in [6.07, 6.45) is -4.38. The standard InChI is InChI=1S/C13H6F3NOS/c14-13(15,16)7-1-3-9-11(5-7)19-12-6-8(18)2-4-10(12)17-9/h1-6H. The maximum absolute atomic E-state index is 12.6. The number of nitrogens with zero attached hydrogens (tertiary/aromatic N) is 1. The molecule has 1 aliphatic carbocycles. The summed E-state index contributed by atoms with van der Waals surface area (Å²) in [5, 5.41) is 0. The van der Waals surface area contributed by atoms with Gasteiger partial charge in [-0.15, -0.1) is 11.3 Å². The van der Waals surface area contributed by atoms with Crippen LogP contribution in [0.3, 0.4) is 0 Å². The summed E-state index contributed by atoms with van der Waals surface area (Å²) in [6.45, 7) is 0.